The van der Waals surface area contributed by atoms with Crippen molar-refractivity contribution in [1.29, 1.82) is 0 Å². The molecule has 4 aromatic rings. The van der Waals surface area contributed by atoms with Crippen LogP contribution in [0.1, 0.15) is 32.0 Å². The third-order valence-corrected chi connectivity index (χ3v) is 4.46. The first-order valence-electron chi connectivity index (χ1n) is 10.3. The van der Waals surface area contributed by atoms with Crippen molar-refractivity contribution in [3.63, 3.8) is 0 Å². The van der Waals surface area contributed by atoms with Crippen molar-refractivity contribution in [2.45, 2.75) is 26.3 Å². The predicted octanol–water partition coefficient (Wildman–Crippen LogP) is 3.57. The van der Waals surface area contributed by atoms with Gasteiger partial charge in [0, 0.05) is 29.2 Å². The van der Waals surface area contributed by atoms with E-state index in [1.54, 1.807) is 18.5 Å². The molecule has 0 fully saturated rings. The molecule has 8 heteroatoms. The van der Waals surface area contributed by atoms with Crippen LogP contribution in [-0.2, 0) is 0 Å². The Morgan fingerprint density at radius 2 is 1.55 bits per heavy atom. The van der Waals surface area contributed by atoms with E-state index in [1.807, 2.05) is 63.2 Å². The van der Waals surface area contributed by atoms with Crippen LogP contribution in [0.3, 0.4) is 0 Å². The lowest BCUT2D eigenvalue weighted by atomic mass is 10.1. The molecule has 2 aromatic heterocycles. The summed E-state index contributed by atoms with van der Waals surface area (Å²) in [6, 6.07) is 14.7. The second kappa shape index (κ2) is 8.93. The van der Waals surface area contributed by atoms with Gasteiger partial charge in [0.05, 0.1) is 0 Å². The van der Waals surface area contributed by atoms with Crippen LogP contribution in [-0.4, -0.2) is 20.5 Å². The van der Waals surface area contributed by atoms with Crippen molar-refractivity contribution in [1.82, 2.24) is 15.0 Å². The standard InChI is InChI=1S/C25H22N6O2/c1-25(2,3)31-21-20(22(32)23(21)33)29-19-13-15-27-24(30-19)28-18-11-8-16(9-12-18)7-10-17-6-4-5-14-26-17/h4-6,8-9,11-15,31H,1-3H3,(H2,27,28,29,30). The van der Waals surface area contributed by atoms with Gasteiger partial charge < -0.3 is 16.0 Å². The van der Waals surface area contributed by atoms with Crippen molar-refractivity contribution < 1.29 is 0 Å². The van der Waals surface area contributed by atoms with Gasteiger partial charge in [-0.1, -0.05) is 12.0 Å². The molecular formula is C25H22N6O2. The van der Waals surface area contributed by atoms with Crippen LogP contribution in [0.5, 0.6) is 0 Å². The van der Waals surface area contributed by atoms with Crippen LogP contribution in [0, 0.1) is 11.8 Å². The molecule has 0 aliphatic heterocycles. The average Bonchev–Trinajstić information content (AvgIpc) is 2.81. The molecule has 0 saturated heterocycles. The highest BCUT2D eigenvalue weighted by Gasteiger charge is 2.25. The molecule has 0 spiro atoms. The first-order valence-corrected chi connectivity index (χ1v) is 10.3. The number of rotatable bonds is 5. The number of anilines is 5. The van der Waals surface area contributed by atoms with Gasteiger partial charge in [-0.3, -0.25) is 9.59 Å². The molecular weight excluding hydrogens is 416 g/mol. The van der Waals surface area contributed by atoms with E-state index in [2.05, 4.69) is 42.7 Å². The van der Waals surface area contributed by atoms with Crippen molar-refractivity contribution in [3.05, 3.63) is 92.6 Å². The normalized spacial score (nSPS) is 10.9. The van der Waals surface area contributed by atoms with E-state index in [1.165, 1.54) is 0 Å². The topological polar surface area (TPSA) is 109 Å². The maximum absolute atomic E-state index is 12.0. The second-order valence-corrected chi connectivity index (χ2v) is 8.34. The largest absolute Gasteiger partial charge is 0.375 e. The minimum Gasteiger partial charge on any atom is -0.375 e. The minimum atomic E-state index is -0.572. The van der Waals surface area contributed by atoms with Gasteiger partial charge in [-0.2, -0.15) is 4.98 Å². The number of nitrogens with zero attached hydrogens (tertiary/aromatic N) is 3. The van der Waals surface area contributed by atoms with Crippen LogP contribution < -0.4 is 26.8 Å². The lowest BCUT2D eigenvalue weighted by Gasteiger charge is -2.24. The maximum atomic E-state index is 12.0. The fourth-order valence-electron chi connectivity index (χ4n) is 2.96. The molecule has 0 aliphatic carbocycles. The summed E-state index contributed by atoms with van der Waals surface area (Å²) in [6.07, 6.45) is 3.27. The summed E-state index contributed by atoms with van der Waals surface area (Å²) >= 11 is 0. The summed E-state index contributed by atoms with van der Waals surface area (Å²) in [5.41, 5.74) is 1.34. The van der Waals surface area contributed by atoms with Gasteiger partial charge in [-0.05, 0) is 69.2 Å². The molecule has 0 radical (unpaired) electrons. The molecule has 0 unspecified atom stereocenters. The number of benzene rings is 1. The van der Waals surface area contributed by atoms with E-state index in [9.17, 15) is 9.59 Å². The van der Waals surface area contributed by atoms with Gasteiger partial charge in [0.1, 0.15) is 22.9 Å². The van der Waals surface area contributed by atoms with Crippen LogP contribution >= 0.6 is 0 Å². The van der Waals surface area contributed by atoms with Gasteiger partial charge in [0.25, 0.3) is 10.9 Å². The van der Waals surface area contributed by atoms with E-state index in [-0.39, 0.29) is 16.9 Å². The van der Waals surface area contributed by atoms with Crippen molar-refractivity contribution >= 4 is 28.8 Å². The molecule has 0 bridgehead atoms. The summed E-state index contributed by atoms with van der Waals surface area (Å²) < 4.78 is 0. The van der Waals surface area contributed by atoms with Crippen molar-refractivity contribution in [2.24, 2.45) is 0 Å². The summed E-state index contributed by atoms with van der Waals surface area (Å²) in [5.74, 6) is 6.83. The predicted molar refractivity (Wildman–Crippen MR) is 130 cm³/mol. The monoisotopic (exact) mass is 438 g/mol. The molecule has 33 heavy (non-hydrogen) atoms. The highest BCUT2D eigenvalue weighted by atomic mass is 16.2. The first kappa shape index (κ1) is 21.7. The second-order valence-electron chi connectivity index (χ2n) is 8.34. The summed E-state index contributed by atoms with van der Waals surface area (Å²) in [4.78, 5) is 36.7. The molecule has 0 amide bonds. The Balaban J connectivity index is 1.45. The third-order valence-electron chi connectivity index (χ3n) is 4.46. The molecule has 4 rings (SSSR count). The van der Waals surface area contributed by atoms with E-state index in [0.717, 1.165) is 11.3 Å². The fourth-order valence-corrected chi connectivity index (χ4v) is 2.96. The molecule has 2 aromatic carbocycles. The zero-order valence-corrected chi connectivity index (χ0v) is 18.4. The molecule has 0 aliphatic rings. The smallest absolute Gasteiger partial charge is 0.253 e. The highest BCUT2D eigenvalue weighted by molar-refractivity contribution is 5.78. The van der Waals surface area contributed by atoms with E-state index >= 15 is 0 Å². The number of nitrogens with one attached hydrogen (secondary N) is 3. The lowest BCUT2D eigenvalue weighted by Crippen LogP contribution is -2.41. The first-order chi connectivity index (χ1) is 15.8. The maximum Gasteiger partial charge on any atom is 0.253 e. The fraction of sp³-hybridized carbons (Fsp3) is 0.160. The van der Waals surface area contributed by atoms with Crippen LogP contribution in [0.2, 0.25) is 0 Å². The molecule has 0 atom stereocenters. The van der Waals surface area contributed by atoms with Gasteiger partial charge in [-0.25, -0.2) is 9.97 Å². The van der Waals surface area contributed by atoms with Crippen molar-refractivity contribution in [2.75, 3.05) is 16.0 Å². The highest BCUT2D eigenvalue weighted by Crippen LogP contribution is 2.23. The van der Waals surface area contributed by atoms with Gasteiger partial charge in [0.15, 0.2) is 0 Å². The summed E-state index contributed by atoms with van der Waals surface area (Å²) in [6.45, 7) is 5.74. The van der Waals surface area contributed by atoms with Crippen molar-refractivity contribution in [3.8, 4) is 11.8 Å². The molecule has 0 saturated carbocycles. The van der Waals surface area contributed by atoms with Crippen LogP contribution in [0.25, 0.3) is 0 Å². The van der Waals surface area contributed by atoms with Crippen LogP contribution in [0.4, 0.5) is 28.8 Å². The van der Waals surface area contributed by atoms with E-state index in [4.69, 9.17) is 0 Å². The van der Waals surface area contributed by atoms with Crippen LogP contribution in [0.15, 0.2) is 70.5 Å². The van der Waals surface area contributed by atoms with Gasteiger partial charge in [-0.15, -0.1) is 0 Å². The van der Waals surface area contributed by atoms with Gasteiger partial charge >= 0.3 is 0 Å². The Morgan fingerprint density at radius 3 is 2.24 bits per heavy atom. The van der Waals surface area contributed by atoms with E-state index < -0.39 is 10.9 Å². The summed E-state index contributed by atoms with van der Waals surface area (Å²) in [7, 11) is 0. The Kier molecular flexibility index (Phi) is 5.87. The number of aromatic nitrogens is 3. The summed E-state index contributed by atoms with van der Waals surface area (Å²) in [5, 5.41) is 9.11. The third kappa shape index (κ3) is 5.40. The zero-order chi connectivity index (χ0) is 23.4. The minimum absolute atomic E-state index is 0.204. The molecule has 2 heterocycles. The SMILES string of the molecule is CC(C)(C)Nc1c(Nc2ccnc(Nc3ccc(C#Cc4ccccn4)cc3)n2)c(=O)c1=O. The Hall–Kier alpha value is -4.51. The Bertz CT molecular complexity index is 1400. The number of pyridine rings is 1. The Labute approximate surface area is 190 Å². The number of hydrogen-bond acceptors (Lipinski definition) is 8. The van der Waals surface area contributed by atoms with E-state index in [0.29, 0.717) is 17.5 Å². The van der Waals surface area contributed by atoms with Gasteiger partial charge in [0.2, 0.25) is 5.95 Å². The molecule has 164 valence electrons. The zero-order valence-electron chi connectivity index (χ0n) is 18.4. The molecule has 3 N–H and O–H groups in total. The quantitative estimate of drug-likeness (QED) is 0.321. The molecule has 8 nitrogen and oxygen atoms in total. The lowest BCUT2D eigenvalue weighted by molar-refractivity contribution is 0.632. The number of hydrogen-bond donors (Lipinski definition) is 3. The Morgan fingerprint density at radius 1 is 0.788 bits per heavy atom. The average molecular weight is 438 g/mol.